The lowest BCUT2D eigenvalue weighted by molar-refractivity contribution is -0.139. The molecule has 0 spiro atoms. The predicted octanol–water partition coefficient (Wildman–Crippen LogP) is 2.05. The third-order valence-electron chi connectivity index (χ3n) is 2.72. The van der Waals surface area contributed by atoms with E-state index < -0.39 is 18.0 Å². The van der Waals surface area contributed by atoms with Crippen molar-refractivity contribution in [3.63, 3.8) is 0 Å². The molecule has 0 aromatic heterocycles. The maximum absolute atomic E-state index is 11.6. The van der Waals surface area contributed by atoms with Crippen molar-refractivity contribution in [2.24, 2.45) is 0 Å². The van der Waals surface area contributed by atoms with E-state index in [1.165, 1.54) is 0 Å². The molecule has 0 unspecified atom stereocenters. The first-order chi connectivity index (χ1) is 9.02. The van der Waals surface area contributed by atoms with Gasteiger partial charge in [0.1, 0.15) is 6.04 Å². The Labute approximate surface area is 113 Å². The SMILES string of the molecule is CCC[C@@H](NC(=O)NCc1cccc(C)c1)C(=O)O. The minimum atomic E-state index is -1.01. The van der Waals surface area contributed by atoms with Gasteiger partial charge in [-0.05, 0) is 18.9 Å². The van der Waals surface area contributed by atoms with Gasteiger partial charge >= 0.3 is 12.0 Å². The number of carbonyl (C=O) groups is 2. The van der Waals surface area contributed by atoms with Crippen LogP contribution in [0.4, 0.5) is 4.79 Å². The summed E-state index contributed by atoms with van der Waals surface area (Å²) in [5.74, 6) is -1.01. The molecule has 0 radical (unpaired) electrons. The van der Waals surface area contributed by atoms with Gasteiger partial charge in [-0.25, -0.2) is 9.59 Å². The van der Waals surface area contributed by atoms with Crippen LogP contribution in [0.5, 0.6) is 0 Å². The van der Waals surface area contributed by atoms with E-state index in [9.17, 15) is 9.59 Å². The van der Waals surface area contributed by atoms with Gasteiger partial charge in [0, 0.05) is 6.54 Å². The lowest BCUT2D eigenvalue weighted by Crippen LogP contribution is -2.45. The van der Waals surface area contributed by atoms with E-state index in [1.807, 2.05) is 38.1 Å². The number of rotatable bonds is 6. The Kier molecular flexibility index (Phi) is 5.85. The standard InChI is InChI=1S/C14H20N2O3/c1-3-5-12(13(17)18)16-14(19)15-9-11-7-4-6-10(2)8-11/h4,6-8,12H,3,5,9H2,1-2H3,(H,17,18)(H2,15,16,19)/t12-/m1/s1. The maximum Gasteiger partial charge on any atom is 0.326 e. The van der Waals surface area contributed by atoms with Crippen molar-refractivity contribution in [2.75, 3.05) is 0 Å². The Morgan fingerprint density at radius 2 is 2.11 bits per heavy atom. The molecular formula is C14H20N2O3. The highest BCUT2D eigenvalue weighted by atomic mass is 16.4. The molecule has 1 aromatic carbocycles. The lowest BCUT2D eigenvalue weighted by atomic mass is 10.1. The van der Waals surface area contributed by atoms with Crippen LogP contribution < -0.4 is 10.6 Å². The van der Waals surface area contributed by atoms with Crippen LogP contribution in [0.3, 0.4) is 0 Å². The molecular weight excluding hydrogens is 244 g/mol. The van der Waals surface area contributed by atoms with E-state index in [4.69, 9.17) is 5.11 Å². The fourth-order valence-electron chi connectivity index (χ4n) is 1.76. The molecule has 1 rings (SSSR count). The Morgan fingerprint density at radius 1 is 1.37 bits per heavy atom. The summed E-state index contributed by atoms with van der Waals surface area (Å²) in [6, 6.07) is 6.49. The number of nitrogens with one attached hydrogen (secondary N) is 2. The average molecular weight is 264 g/mol. The fourth-order valence-corrected chi connectivity index (χ4v) is 1.76. The van der Waals surface area contributed by atoms with Gasteiger partial charge in [0.2, 0.25) is 0 Å². The van der Waals surface area contributed by atoms with Crippen LogP contribution in [0, 0.1) is 6.92 Å². The highest BCUT2D eigenvalue weighted by Crippen LogP contribution is 2.03. The fraction of sp³-hybridized carbons (Fsp3) is 0.429. The number of hydrogen-bond donors (Lipinski definition) is 3. The second kappa shape index (κ2) is 7.41. The number of carboxylic acid groups (broad SMARTS) is 1. The monoisotopic (exact) mass is 264 g/mol. The minimum absolute atomic E-state index is 0.381. The van der Waals surface area contributed by atoms with Gasteiger partial charge in [0.15, 0.2) is 0 Å². The molecule has 0 aliphatic heterocycles. The summed E-state index contributed by atoms with van der Waals surface area (Å²) in [4.78, 5) is 22.5. The molecule has 1 aromatic rings. The van der Waals surface area contributed by atoms with Gasteiger partial charge in [-0.15, -0.1) is 0 Å². The molecule has 3 N–H and O–H groups in total. The summed E-state index contributed by atoms with van der Waals surface area (Å²) in [6.07, 6.45) is 1.13. The molecule has 19 heavy (non-hydrogen) atoms. The minimum Gasteiger partial charge on any atom is -0.480 e. The second-order valence-corrected chi connectivity index (χ2v) is 4.50. The van der Waals surface area contributed by atoms with Crippen LogP contribution in [0.2, 0.25) is 0 Å². The number of amides is 2. The Morgan fingerprint density at radius 3 is 2.68 bits per heavy atom. The van der Waals surface area contributed by atoms with Crippen molar-refractivity contribution >= 4 is 12.0 Å². The van der Waals surface area contributed by atoms with Crippen molar-refractivity contribution in [1.82, 2.24) is 10.6 Å². The largest absolute Gasteiger partial charge is 0.480 e. The third-order valence-corrected chi connectivity index (χ3v) is 2.72. The number of hydrogen-bond acceptors (Lipinski definition) is 2. The van der Waals surface area contributed by atoms with Crippen molar-refractivity contribution in [1.29, 1.82) is 0 Å². The van der Waals surface area contributed by atoms with E-state index in [-0.39, 0.29) is 0 Å². The number of aliphatic carboxylic acids is 1. The van der Waals surface area contributed by atoms with E-state index in [0.717, 1.165) is 11.1 Å². The van der Waals surface area contributed by atoms with Gasteiger partial charge in [0.25, 0.3) is 0 Å². The Hall–Kier alpha value is -2.04. The molecule has 5 nitrogen and oxygen atoms in total. The molecule has 0 aliphatic rings. The number of urea groups is 1. The maximum atomic E-state index is 11.6. The zero-order valence-corrected chi connectivity index (χ0v) is 11.3. The summed E-state index contributed by atoms with van der Waals surface area (Å²) in [6.45, 7) is 4.24. The highest BCUT2D eigenvalue weighted by Gasteiger charge is 2.18. The van der Waals surface area contributed by atoms with E-state index >= 15 is 0 Å². The quantitative estimate of drug-likeness (QED) is 0.735. The predicted molar refractivity (Wildman–Crippen MR) is 72.9 cm³/mol. The highest BCUT2D eigenvalue weighted by molar-refractivity contribution is 5.82. The molecule has 2 amide bonds. The van der Waals surface area contributed by atoms with E-state index in [0.29, 0.717) is 19.4 Å². The normalized spacial score (nSPS) is 11.7. The van der Waals surface area contributed by atoms with Crippen LogP contribution in [0.15, 0.2) is 24.3 Å². The van der Waals surface area contributed by atoms with Gasteiger partial charge in [-0.2, -0.15) is 0 Å². The second-order valence-electron chi connectivity index (χ2n) is 4.50. The van der Waals surface area contributed by atoms with Gasteiger partial charge in [0.05, 0.1) is 0 Å². The van der Waals surface area contributed by atoms with Gasteiger partial charge < -0.3 is 15.7 Å². The summed E-state index contributed by atoms with van der Waals surface area (Å²) in [7, 11) is 0. The first kappa shape index (κ1) is 15.0. The zero-order valence-electron chi connectivity index (χ0n) is 11.3. The van der Waals surface area contributed by atoms with Crippen LogP contribution in [-0.4, -0.2) is 23.1 Å². The van der Waals surface area contributed by atoms with E-state index in [1.54, 1.807) is 0 Å². The topological polar surface area (TPSA) is 78.4 Å². The number of benzene rings is 1. The van der Waals surface area contributed by atoms with Crippen LogP contribution in [-0.2, 0) is 11.3 Å². The number of carbonyl (C=O) groups excluding carboxylic acids is 1. The smallest absolute Gasteiger partial charge is 0.326 e. The van der Waals surface area contributed by atoms with Crippen LogP contribution in [0.1, 0.15) is 30.9 Å². The number of aryl methyl sites for hydroxylation is 1. The van der Waals surface area contributed by atoms with Crippen LogP contribution in [0.25, 0.3) is 0 Å². The summed E-state index contributed by atoms with van der Waals surface area (Å²) < 4.78 is 0. The Balaban J connectivity index is 2.44. The summed E-state index contributed by atoms with van der Waals surface area (Å²) in [5.41, 5.74) is 2.10. The molecule has 5 heteroatoms. The molecule has 0 saturated heterocycles. The van der Waals surface area contributed by atoms with Crippen molar-refractivity contribution in [2.45, 2.75) is 39.3 Å². The van der Waals surface area contributed by atoms with E-state index in [2.05, 4.69) is 10.6 Å². The molecule has 0 fully saturated rings. The third kappa shape index (κ3) is 5.42. The summed E-state index contributed by atoms with van der Waals surface area (Å²) in [5, 5.41) is 14.0. The zero-order chi connectivity index (χ0) is 14.3. The van der Waals surface area contributed by atoms with Crippen molar-refractivity contribution in [3.8, 4) is 0 Å². The molecule has 0 bridgehead atoms. The number of carboxylic acids is 1. The molecule has 1 atom stereocenters. The molecule has 0 saturated carbocycles. The van der Waals surface area contributed by atoms with Crippen LogP contribution >= 0.6 is 0 Å². The summed E-state index contributed by atoms with van der Waals surface area (Å²) >= 11 is 0. The molecule has 104 valence electrons. The molecule has 0 aliphatic carbocycles. The van der Waals surface area contributed by atoms with Crippen molar-refractivity contribution < 1.29 is 14.7 Å². The molecule has 0 heterocycles. The van der Waals surface area contributed by atoms with Crippen molar-refractivity contribution in [3.05, 3.63) is 35.4 Å². The van der Waals surface area contributed by atoms with Gasteiger partial charge in [-0.3, -0.25) is 0 Å². The Bertz CT molecular complexity index is 446. The first-order valence-electron chi connectivity index (χ1n) is 6.35. The van der Waals surface area contributed by atoms with Gasteiger partial charge in [-0.1, -0.05) is 43.2 Å². The first-order valence-corrected chi connectivity index (χ1v) is 6.35. The lowest BCUT2D eigenvalue weighted by Gasteiger charge is -2.14. The average Bonchev–Trinajstić information content (AvgIpc) is 2.36.